The van der Waals surface area contributed by atoms with Crippen LogP contribution in [-0.4, -0.2) is 11.1 Å². The van der Waals surface area contributed by atoms with Crippen molar-refractivity contribution in [1.82, 2.24) is 0 Å². The van der Waals surface area contributed by atoms with Gasteiger partial charge in [-0.05, 0) is 19.3 Å². The molecule has 2 nitrogen and oxygen atoms in total. The Bertz CT molecular complexity index is 143. The molecule has 1 rings (SSSR count). The largest absolute Gasteiger partial charge is 0.481 e. The van der Waals surface area contributed by atoms with E-state index in [9.17, 15) is 4.79 Å². The molecule has 0 bridgehead atoms. The molecule has 1 aliphatic carbocycles. The number of aliphatic carboxylic acids is 1. The molecule has 0 aromatic heterocycles. The summed E-state index contributed by atoms with van der Waals surface area (Å²) in [6, 6.07) is 0. The quantitative estimate of drug-likeness (QED) is 0.554. The summed E-state index contributed by atoms with van der Waals surface area (Å²) >= 11 is 0. The first kappa shape index (κ1) is 10.1. The number of hydrogen-bond donors (Lipinski definition) is 1. The summed E-state index contributed by atoms with van der Waals surface area (Å²) in [5, 5.41) is 8.49. The van der Waals surface area contributed by atoms with Gasteiger partial charge in [0.15, 0.2) is 0 Å². The van der Waals surface area contributed by atoms with Gasteiger partial charge >= 0.3 is 5.97 Å². The summed E-state index contributed by atoms with van der Waals surface area (Å²) < 4.78 is 0. The van der Waals surface area contributed by atoms with Crippen molar-refractivity contribution in [1.29, 1.82) is 0 Å². The topological polar surface area (TPSA) is 37.3 Å². The summed E-state index contributed by atoms with van der Waals surface area (Å²) in [5.41, 5.74) is 0. The van der Waals surface area contributed by atoms with Crippen LogP contribution in [-0.2, 0) is 32.1 Å². The molecule has 0 spiro atoms. The first-order valence-corrected chi connectivity index (χ1v) is 3.20. The molecule has 0 aromatic rings. The Balaban J connectivity index is 0.000000810. The summed E-state index contributed by atoms with van der Waals surface area (Å²) in [7, 11) is 0. The van der Waals surface area contributed by atoms with Gasteiger partial charge in [0.25, 0.3) is 0 Å². The van der Waals surface area contributed by atoms with Crippen LogP contribution in [0, 0.1) is 5.92 Å². The third-order valence-electron chi connectivity index (χ3n) is 1.57. The number of rotatable bonds is 1. The number of carboxylic acid groups (broad SMARTS) is 1. The first-order chi connectivity index (χ1) is 4.30. The second-order valence-electron chi connectivity index (χ2n) is 2.30. The zero-order chi connectivity index (χ0) is 6.69. The molecule has 0 saturated heterocycles. The van der Waals surface area contributed by atoms with E-state index in [1.165, 1.54) is 0 Å². The maximum absolute atomic E-state index is 10.3. The Hall–Kier alpha value is 0.132. The van der Waals surface area contributed by atoms with E-state index < -0.39 is 5.97 Å². The van der Waals surface area contributed by atoms with Crippen molar-refractivity contribution in [3.05, 3.63) is 12.2 Å². The predicted molar refractivity (Wildman–Crippen MR) is 34.1 cm³/mol. The summed E-state index contributed by atoms with van der Waals surface area (Å²) in [5.74, 6) is -0.898. The van der Waals surface area contributed by atoms with Crippen LogP contribution >= 0.6 is 0 Å². The molecule has 1 unspecified atom stereocenters. The van der Waals surface area contributed by atoms with E-state index >= 15 is 0 Å². The van der Waals surface area contributed by atoms with Crippen molar-refractivity contribution in [3.8, 4) is 0 Å². The van der Waals surface area contributed by atoms with Gasteiger partial charge in [-0.15, -0.1) is 0 Å². The summed E-state index contributed by atoms with van der Waals surface area (Å²) in [6.07, 6.45) is 6.61. The molecule has 0 fully saturated rings. The molecule has 0 aromatic carbocycles. The molecule has 0 saturated carbocycles. The molecule has 1 atom stereocenters. The maximum atomic E-state index is 10.3. The molecular weight excluding hydrogens is 228 g/mol. The normalized spacial score (nSPS) is 23.4. The van der Waals surface area contributed by atoms with Crippen molar-refractivity contribution in [2.75, 3.05) is 0 Å². The maximum Gasteiger partial charge on any atom is 0.310 e. The molecule has 0 heterocycles. The van der Waals surface area contributed by atoms with Gasteiger partial charge in [-0.2, -0.15) is 0 Å². The van der Waals surface area contributed by atoms with Crippen LogP contribution in [0.5, 0.6) is 0 Å². The van der Waals surface area contributed by atoms with Crippen LogP contribution in [0.1, 0.15) is 19.3 Å². The molecule has 10 heavy (non-hydrogen) atoms. The molecule has 3 heteroatoms. The second kappa shape index (κ2) is 4.87. The van der Waals surface area contributed by atoms with Crippen molar-refractivity contribution >= 4 is 5.97 Å². The third kappa shape index (κ3) is 2.81. The van der Waals surface area contributed by atoms with Crippen molar-refractivity contribution in [2.45, 2.75) is 19.3 Å². The third-order valence-corrected chi connectivity index (χ3v) is 1.57. The van der Waals surface area contributed by atoms with E-state index in [1.54, 1.807) is 6.08 Å². The van der Waals surface area contributed by atoms with Gasteiger partial charge in [-0.1, -0.05) is 12.2 Å². The van der Waals surface area contributed by atoms with E-state index in [0.29, 0.717) is 0 Å². The molecule has 0 amide bonds. The Morgan fingerprint density at radius 2 is 2.30 bits per heavy atom. The van der Waals surface area contributed by atoms with Crippen LogP contribution in [0.2, 0.25) is 0 Å². The van der Waals surface area contributed by atoms with Gasteiger partial charge in [0.2, 0.25) is 0 Å². The van der Waals surface area contributed by atoms with Crippen molar-refractivity contribution in [3.63, 3.8) is 0 Å². The molecule has 0 aliphatic heterocycles. The fourth-order valence-corrected chi connectivity index (χ4v) is 1.02. The fourth-order valence-electron chi connectivity index (χ4n) is 1.02. The van der Waals surface area contributed by atoms with Gasteiger partial charge in [-0.25, -0.2) is 0 Å². The minimum Gasteiger partial charge on any atom is -0.481 e. The number of hydrogen-bond acceptors (Lipinski definition) is 1. The van der Waals surface area contributed by atoms with Crippen LogP contribution < -0.4 is 0 Å². The zero-order valence-corrected chi connectivity index (χ0v) is 9.95. The Morgan fingerprint density at radius 1 is 1.60 bits per heavy atom. The minimum atomic E-state index is -0.689. The second-order valence-corrected chi connectivity index (χ2v) is 2.30. The summed E-state index contributed by atoms with van der Waals surface area (Å²) in [4.78, 5) is 10.3. The van der Waals surface area contributed by atoms with E-state index in [2.05, 4.69) is 0 Å². The Morgan fingerprint density at radius 3 is 2.60 bits per heavy atom. The SMILES string of the molecule is O=C(O)C1C=CCCC1.[Cd]. The number of carbonyl (C=O) groups is 1. The molecular formula is C7H10CdO2. The molecule has 52 valence electrons. The average Bonchev–Trinajstić information content (AvgIpc) is 1.90. The van der Waals surface area contributed by atoms with Gasteiger partial charge in [-0.3, -0.25) is 4.79 Å². The van der Waals surface area contributed by atoms with Gasteiger partial charge in [0.1, 0.15) is 0 Å². The Labute approximate surface area is 80.5 Å². The van der Waals surface area contributed by atoms with Crippen LogP contribution in [0.3, 0.4) is 0 Å². The standard InChI is InChI=1S/C7H10O2.Cd/c8-7(9)6-4-2-1-3-5-6;/h2,4,6H,1,3,5H2,(H,8,9);. The predicted octanol–water partition coefficient (Wildman–Crippen LogP) is 1.42. The van der Waals surface area contributed by atoms with E-state index in [4.69, 9.17) is 5.11 Å². The average molecular weight is 239 g/mol. The molecule has 1 aliphatic rings. The van der Waals surface area contributed by atoms with Crippen LogP contribution in [0.15, 0.2) is 12.2 Å². The fraction of sp³-hybridized carbons (Fsp3) is 0.571. The minimum absolute atomic E-state index is 0. The Kier molecular flexibility index (Phi) is 4.94. The molecule has 0 radical (unpaired) electrons. The van der Waals surface area contributed by atoms with E-state index in [0.717, 1.165) is 19.3 Å². The van der Waals surface area contributed by atoms with E-state index in [-0.39, 0.29) is 33.2 Å². The van der Waals surface area contributed by atoms with Gasteiger partial charge < -0.3 is 5.11 Å². The van der Waals surface area contributed by atoms with Gasteiger partial charge in [0, 0.05) is 27.3 Å². The monoisotopic (exact) mass is 240 g/mol. The van der Waals surface area contributed by atoms with Crippen molar-refractivity contribution in [2.24, 2.45) is 5.92 Å². The molecule has 1 N–H and O–H groups in total. The summed E-state index contributed by atoms with van der Waals surface area (Å²) in [6.45, 7) is 0. The smallest absolute Gasteiger partial charge is 0.310 e. The number of allylic oxidation sites excluding steroid dienone is 1. The van der Waals surface area contributed by atoms with Crippen LogP contribution in [0.4, 0.5) is 0 Å². The first-order valence-electron chi connectivity index (χ1n) is 3.20. The van der Waals surface area contributed by atoms with Gasteiger partial charge in [0.05, 0.1) is 5.92 Å². The zero-order valence-electron chi connectivity index (χ0n) is 5.92. The van der Waals surface area contributed by atoms with Crippen molar-refractivity contribution < 1.29 is 37.2 Å². The van der Waals surface area contributed by atoms with Crippen LogP contribution in [0.25, 0.3) is 0 Å². The van der Waals surface area contributed by atoms with E-state index in [1.807, 2.05) is 6.08 Å². The number of carboxylic acids is 1.